The fourth-order valence-electron chi connectivity index (χ4n) is 2.95. The number of unbranched alkanes of at least 4 members (excludes halogenated alkanes) is 2. The molecule has 0 bridgehead atoms. The Balaban J connectivity index is 1.96. The van der Waals surface area contributed by atoms with E-state index in [1.165, 1.54) is 71.1 Å². The number of rotatable bonds is 9. The molecule has 0 aromatic carbocycles. The molecule has 1 unspecified atom stereocenters. The molecular weight excluding hydrogens is 220 g/mol. The molecule has 1 heterocycles. The van der Waals surface area contributed by atoms with Gasteiger partial charge in [-0.05, 0) is 64.2 Å². The van der Waals surface area contributed by atoms with Crippen molar-refractivity contribution in [1.82, 2.24) is 10.2 Å². The van der Waals surface area contributed by atoms with E-state index in [1.54, 1.807) is 0 Å². The van der Waals surface area contributed by atoms with Gasteiger partial charge < -0.3 is 10.2 Å². The summed E-state index contributed by atoms with van der Waals surface area (Å²) in [6.45, 7) is 12.0. The van der Waals surface area contributed by atoms with Crippen LogP contribution in [-0.2, 0) is 0 Å². The zero-order valence-corrected chi connectivity index (χ0v) is 12.9. The van der Waals surface area contributed by atoms with Gasteiger partial charge in [-0.3, -0.25) is 0 Å². The van der Waals surface area contributed by atoms with E-state index in [4.69, 9.17) is 0 Å². The minimum atomic E-state index is 0.781. The maximum Gasteiger partial charge on any atom is 0.00926 e. The van der Waals surface area contributed by atoms with Gasteiger partial charge in [-0.15, -0.1) is 0 Å². The molecule has 0 saturated carbocycles. The van der Waals surface area contributed by atoms with Crippen molar-refractivity contribution in [3.63, 3.8) is 0 Å². The quantitative estimate of drug-likeness (QED) is 0.632. The Morgan fingerprint density at radius 2 is 2.00 bits per heavy atom. The van der Waals surface area contributed by atoms with Crippen molar-refractivity contribution in [2.24, 2.45) is 5.92 Å². The molecule has 2 nitrogen and oxygen atoms in total. The Kier molecular flexibility index (Phi) is 8.70. The highest BCUT2D eigenvalue weighted by atomic mass is 15.2. The predicted molar refractivity (Wildman–Crippen MR) is 81.1 cm³/mol. The molecule has 108 valence electrons. The molecule has 0 radical (unpaired) electrons. The van der Waals surface area contributed by atoms with Crippen LogP contribution >= 0.6 is 0 Å². The number of likely N-dealkylation sites (tertiary alicyclic amines) is 1. The molecule has 18 heavy (non-hydrogen) atoms. The van der Waals surface area contributed by atoms with Crippen molar-refractivity contribution < 1.29 is 0 Å². The Labute approximate surface area is 115 Å². The van der Waals surface area contributed by atoms with Crippen LogP contribution in [0.4, 0.5) is 0 Å². The van der Waals surface area contributed by atoms with Crippen molar-refractivity contribution in [3.05, 3.63) is 0 Å². The molecule has 1 saturated heterocycles. The average molecular weight is 254 g/mol. The first-order valence-electron chi connectivity index (χ1n) is 8.18. The fraction of sp³-hybridized carbons (Fsp3) is 1.00. The Bertz CT molecular complexity index is 192. The van der Waals surface area contributed by atoms with Crippen molar-refractivity contribution in [1.29, 1.82) is 0 Å². The Morgan fingerprint density at radius 3 is 2.72 bits per heavy atom. The fourth-order valence-corrected chi connectivity index (χ4v) is 2.95. The summed E-state index contributed by atoms with van der Waals surface area (Å²) in [6.07, 6.45) is 9.78. The standard InChI is InChI=1S/C16H34N2/c1-4-16-10-6-9-13-18(16)12-8-5-7-11-17-14-15(2)3/h15-17H,4-14H2,1-3H3. The molecule has 1 rings (SSSR count). The largest absolute Gasteiger partial charge is 0.316 e. The summed E-state index contributed by atoms with van der Waals surface area (Å²) in [5, 5.41) is 3.53. The van der Waals surface area contributed by atoms with E-state index >= 15 is 0 Å². The van der Waals surface area contributed by atoms with E-state index in [9.17, 15) is 0 Å². The number of hydrogen-bond donors (Lipinski definition) is 1. The third kappa shape index (κ3) is 6.75. The second-order valence-corrected chi connectivity index (χ2v) is 6.25. The van der Waals surface area contributed by atoms with Gasteiger partial charge in [-0.25, -0.2) is 0 Å². The van der Waals surface area contributed by atoms with Crippen LogP contribution in [0.5, 0.6) is 0 Å². The van der Waals surface area contributed by atoms with Gasteiger partial charge in [0.05, 0.1) is 0 Å². The third-order valence-electron chi connectivity index (χ3n) is 4.07. The van der Waals surface area contributed by atoms with Gasteiger partial charge >= 0.3 is 0 Å². The van der Waals surface area contributed by atoms with Gasteiger partial charge in [0.2, 0.25) is 0 Å². The van der Waals surface area contributed by atoms with Gasteiger partial charge in [-0.1, -0.05) is 33.6 Å². The maximum absolute atomic E-state index is 3.53. The third-order valence-corrected chi connectivity index (χ3v) is 4.07. The molecule has 1 fully saturated rings. The van der Waals surface area contributed by atoms with Gasteiger partial charge in [0, 0.05) is 6.04 Å². The highest BCUT2D eigenvalue weighted by Crippen LogP contribution is 2.19. The van der Waals surface area contributed by atoms with Crippen LogP contribution in [0.25, 0.3) is 0 Å². The molecular formula is C16H34N2. The van der Waals surface area contributed by atoms with Crippen molar-refractivity contribution in [3.8, 4) is 0 Å². The van der Waals surface area contributed by atoms with Crippen LogP contribution < -0.4 is 5.32 Å². The lowest BCUT2D eigenvalue weighted by Crippen LogP contribution is -2.39. The highest BCUT2D eigenvalue weighted by molar-refractivity contribution is 4.75. The van der Waals surface area contributed by atoms with Crippen molar-refractivity contribution in [2.45, 2.75) is 71.8 Å². The summed E-state index contributed by atoms with van der Waals surface area (Å²) in [5.41, 5.74) is 0. The number of nitrogens with zero attached hydrogens (tertiary/aromatic N) is 1. The topological polar surface area (TPSA) is 15.3 Å². The average Bonchev–Trinajstić information content (AvgIpc) is 2.37. The van der Waals surface area contributed by atoms with E-state index in [1.807, 2.05) is 0 Å². The molecule has 1 aliphatic rings. The molecule has 1 aliphatic heterocycles. The van der Waals surface area contributed by atoms with E-state index in [0.29, 0.717) is 0 Å². The molecule has 2 heteroatoms. The lowest BCUT2D eigenvalue weighted by atomic mass is 9.99. The first-order valence-corrected chi connectivity index (χ1v) is 8.18. The molecule has 0 aromatic heterocycles. The zero-order valence-electron chi connectivity index (χ0n) is 12.9. The summed E-state index contributed by atoms with van der Waals surface area (Å²) >= 11 is 0. The lowest BCUT2D eigenvalue weighted by Gasteiger charge is -2.35. The summed E-state index contributed by atoms with van der Waals surface area (Å²) in [5.74, 6) is 0.781. The van der Waals surface area contributed by atoms with Crippen molar-refractivity contribution in [2.75, 3.05) is 26.2 Å². The molecule has 0 amide bonds. The molecule has 0 spiro atoms. The lowest BCUT2D eigenvalue weighted by molar-refractivity contribution is 0.141. The number of hydrogen-bond acceptors (Lipinski definition) is 2. The summed E-state index contributed by atoms with van der Waals surface area (Å²) in [7, 11) is 0. The van der Waals surface area contributed by atoms with E-state index in [0.717, 1.165) is 12.0 Å². The van der Waals surface area contributed by atoms with Crippen LogP contribution in [0.1, 0.15) is 65.7 Å². The summed E-state index contributed by atoms with van der Waals surface area (Å²) in [6, 6.07) is 0.887. The second-order valence-electron chi connectivity index (χ2n) is 6.25. The van der Waals surface area contributed by atoms with Crippen LogP contribution in [0.3, 0.4) is 0 Å². The van der Waals surface area contributed by atoms with E-state index in [2.05, 4.69) is 31.0 Å². The molecule has 1 N–H and O–H groups in total. The smallest absolute Gasteiger partial charge is 0.00926 e. The van der Waals surface area contributed by atoms with Crippen LogP contribution in [-0.4, -0.2) is 37.1 Å². The minimum Gasteiger partial charge on any atom is -0.316 e. The summed E-state index contributed by atoms with van der Waals surface area (Å²) in [4.78, 5) is 2.74. The van der Waals surface area contributed by atoms with E-state index < -0.39 is 0 Å². The maximum atomic E-state index is 3.53. The second kappa shape index (κ2) is 9.80. The first kappa shape index (κ1) is 16.0. The Hall–Kier alpha value is -0.0800. The first-order chi connectivity index (χ1) is 8.74. The normalized spacial score (nSPS) is 21.7. The van der Waals surface area contributed by atoms with Crippen molar-refractivity contribution >= 4 is 0 Å². The van der Waals surface area contributed by atoms with Gasteiger partial charge in [0.25, 0.3) is 0 Å². The SMILES string of the molecule is CCC1CCCCN1CCCCCNCC(C)C. The number of piperidine rings is 1. The minimum absolute atomic E-state index is 0.781. The summed E-state index contributed by atoms with van der Waals surface area (Å²) < 4.78 is 0. The van der Waals surface area contributed by atoms with Crippen LogP contribution in [0.15, 0.2) is 0 Å². The molecule has 0 aliphatic carbocycles. The Morgan fingerprint density at radius 1 is 1.17 bits per heavy atom. The van der Waals surface area contributed by atoms with Gasteiger partial charge in [0.15, 0.2) is 0 Å². The molecule has 0 aromatic rings. The molecule has 1 atom stereocenters. The van der Waals surface area contributed by atoms with Crippen LogP contribution in [0.2, 0.25) is 0 Å². The van der Waals surface area contributed by atoms with Gasteiger partial charge in [0.1, 0.15) is 0 Å². The monoisotopic (exact) mass is 254 g/mol. The van der Waals surface area contributed by atoms with E-state index in [-0.39, 0.29) is 0 Å². The predicted octanol–water partition coefficient (Wildman–Crippen LogP) is 3.67. The zero-order chi connectivity index (χ0) is 13.2. The van der Waals surface area contributed by atoms with Crippen LogP contribution in [0, 0.1) is 5.92 Å². The highest BCUT2D eigenvalue weighted by Gasteiger charge is 2.19. The van der Waals surface area contributed by atoms with Gasteiger partial charge in [-0.2, -0.15) is 0 Å². The number of nitrogens with one attached hydrogen (secondary N) is 1.